The summed E-state index contributed by atoms with van der Waals surface area (Å²) in [7, 11) is -3.21. The topological polar surface area (TPSA) is 60.2 Å². The van der Waals surface area contributed by atoms with E-state index in [2.05, 4.69) is 0 Å². The lowest BCUT2D eigenvalue weighted by Gasteiger charge is -2.12. The summed E-state index contributed by atoms with van der Waals surface area (Å²) in [5.41, 5.74) is 7.60. The van der Waals surface area contributed by atoms with Crippen LogP contribution in [0.15, 0.2) is 60.7 Å². The smallest absolute Gasteiger partial charge is 0.156 e. The highest BCUT2D eigenvalue weighted by Crippen LogP contribution is 2.15. The zero-order chi connectivity index (χ0) is 13.7. The minimum Gasteiger partial charge on any atom is -0.323 e. The van der Waals surface area contributed by atoms with Gasteiger partial charge in [-0.05, 0) is 11.1 Å². The van der Waals surface area contributed by atoms with Gasteiger partial charge >= 0.3 is 0 Å². The molecule has 0 aliphatic carbocycles. The minimum atomic E-state index is -3.21. The summed E-state index contributed by atoms with van der Waals surface area (Å²) in [6.45, 7) is 0. The number of nitrogens with two attached hydrogens (primary N) is 1. The molecule has 0 saturated heterocycles. The molecule has 100 valence electrons. The molecule has 3 nitrogen and oxygen atoms in total. The number of hydrogen-bond donors (Lipinski definition) is 1. The molecule has 0 amide bonds. The normalized spacial score (nSPS) is 13.1. The Morgan fingerprint density at radius 1 is 0.895 bits per heavy atom. The van der Waals surface area contributed by atoms with Crippen LogP contribution in [0.1, 0.15) is 17.2 Å². The highest BCUT2D eigenvalue weighted by atomic mass is 32.2. The van der Waals surface area contributed by atoms with E-state index in [0.29, 0.717) is 0 Å². The zero-order valence-electron chi connectivity index (χ0n) is 10.6. The molecule has 0 fully saturated rings. The van der Waals surface area contributed by atoms with Gasteiger partial charge in [-0.2, -0.15) is 0 Å². The van der Waals surface area contributed by atoms with Crippen molar-refractivity contribution in [2.24, 2.45) is 5.73 Å². The van der Waals surface area contributed by atoms with Crippen LogP contribution >= 0.6 is 0 Å². The lowest BCUT2D eigenvalue weighted by atomic mass is 10.1. The molecular weight excluding hydrogens is 258 g/mol. The van der Waals surface area contributed by atoms with Crippen LogP contribution in [0.4, 0.5) is 0 Å². The first-order valence-corrected chi connectivity index (χ1v) is 7.94. The highest BCUT2D eigenvalue weighted by molar-refractivity contribution is 7.90. The van der Waals surface area contributed by atoms with Gasteiger partial charge < -0.3 is 5.73 Å². The van der Waals surface area contributed by atoms with Crippen molar-refractivity contribution in [1.29, 1.82) is 0 Å². The van der Waals surface area contributed by atoms with Gasteiger partial charge in [0.15, 0.2) is 9.84 Å². The third-order valence-electron chi connectivity index (χ3n) is 2.89. The van der Waals surface area contributed by atoms with E-state index in [9.17, 15) is 8.42 Å². The van der Waals surface area contributed by atoms with Gasteiger partial charge in [-0.1, -0.05) is 60.7 Å². The Morgan fingerprint density at radius 2 is 1.42 bits per heavy atom. The largest absolute Gasteiger partial charge is 0.323 e. The van der Waals surface area contributed by atoms with Crippen LogP contribution in [0.3, 0.4) is 0 Å². The number of sulfone groups is 1. The second kappa shape index (κ2) is 5.99. The molecule has 2 aromatic carbocycles. The Morgan fingerprint density at radius 3 is 2.00 bits per heavy atom. The average molecular weight is 275 g/mol. The fraction of sp³-hybridized carbons (Fsp3) is 0.200. The van der Waals surface area contributed by atoms with E-state index in [1.807, 2.05) is 60.7 Å². The van der Waals surface area contributed by atoms with Crippen molar-refractivity contribution in [3.8, 4) is 0 Å². The molecule has 1 unspecified atom stereocenters. The van der Waals surface area contributed by atoms with Crippen LogP contribution in [-0.4, -0.2) is 14.2 Å². The molecule has 4 heteroatoms. The molecule has 0 radical (unpaired) electrons. The van der Waals surface area contributed by atoms with Crippen LogP contribution in [0, 0.1) is 0 Å². The van der Waals surface area contributed by atoms with Crippen molar-refractivity contribution in [2.75, 3.05) is 5.75 Å². The van der Waals surface area contributed by atoms with E-state index < -0.39 is 15.9 Å². The van der Waals surface area contributed by atoms with E-state index >= 15 is 0 Å². The molecule has 19 heavy (non-hydrogen) atoms. The lowest BCUT2D eigenvalue weighted by molar-refractivity contribution is 0.588. The summed E-state index contributed by atoms with van der Waals surface area (Å²) < 4.78 is 24.2. The summed E-state index contributed by atoms with van der Waals surface area (Å²) in [4.78, 5) is 0. The molecule has 2 N–H and O–H groups in total. The fourth-order valence-electron chi connectivity index (χ4n) is 1.96. The van der Waals surface area contributed by atoms with Crippen molar-refractivity contribution in [3.05, 3.63) is 71.8 Å². The van der Waals surface area contributed by atoms with E-state index in [1.54, 1.807) is 0 Å². The van der Waals surface area contributed by atoms with Gasteiger partial charge in [0.25, 0.3) is 0 Å². The van der Waals surface area contributed by atoms with Crippen molar-refractivity contribution in [3.63, 3.8) is 0 Å². The quantitative estimate of drug-likeness (QED) is 0.911. The SMILES string of the molecule is NC(CS(=O)(=O)Cc1ccccc1)c1ccccc1. The molecule has 0 aromatic heterocycles. The molecule has 0 aliphatic heterocycles. The number of hydrogen-bond acceptors (Lipinski definition) is 3. The van der Waals surface area contributed by atoms with Crippen LogP contribution in [0.5, 0.6) is 0 Å². The van der Waals surface area contributed by atoms with Gasteiger partial charge in [0.2, 0.25) is 0 Å². The third kappa shape index (κ3) is 4.19. The Hall–Kier alpha value is -1.65. The summed E-state index contributed by atoms with van der Waals surface area (Å²) in [5, 5.41) is 0. The molecule has 0 bridgehead atoms. The molecule has 2 rings (SSSR count). The third-order valence-corrected chi connectivity index (χ3v) is 4.53. The zero-order valence-corrected chi connectivity index (χ0v) is 11.4. The Bertz CT molecular complexity index is 609. The van der Waals surface area contributed by atoms with Gasteiger partial charge in [0.1, 0.15) is 0 Å². The fourth-order valence-corrected chi connectivity index (χ4v) is 3.51. The van der Waals surface area contributed by atoms with Crippen molar-refractivity contribution < 1.29 is 8.42 Å². The first kappa shape index (κ1) is 13.8. The predicted molar refractivity (Wildman–Crippen MR) is 77.3 cm³/mol. The van der Waals surface area contributed by atoms with E-state index in [4.69, 9.17) is 5.73 Å². The standard InChI is InChI=1S/C15H17NO2S/c16-15(14-9-5-2-6-10-14)12-19(17,18)11-13-7-3-1-4-8-13/h1-10,15H,11-12,16H2. The maximum absolute atomic E-state index is 12.1. The van der Waals surface area contributed by atoms with Crippen molar-refractivity contribution in [2.45, 2.75) is 11.8 Å². The van der Waals surface area contributed by atoms with Gasteiger partial charge in [-0.3, -0.25) is 0 Å². The lowest BCUT2D eigenvalue weighted by Crippen LogP contribution is -2.22. The second-order valence-corrected chi connectivity index (χ2v) is 6.67. The van der Waals surface area contributed by atoms with Gasteiger partial charge in [0.05, 0.1) is 11.5 Å². The molecule has 0 aliphatic rings. The predicted octanol–water partition coefficient (Wildman–Crippen LogP) is 2.30. The highest BCUT2D eigenvalue weighted by Gasteiger charge is 2.18. The monoisotopic (exact) mass is 275 g/mol. The van der Waals surface area contributed by atoms with Gasteiger partial charge in [-0.25, -0.2) is 8.42 Å². The first-order chi connectivity index (χ1) is 9.07. The van der Waals surface area contributed by atoms with E-state index in [0.717, 1.165) is 11.1 Å². The van der Waals surface area contributed by atoms with Crippen LogP contribution < -0.4 is 5.73 Å². The molecule has 0 saturated carbocycles. The second-order valence-electron chi connectivity index (χ2n) is 4.56. The van der Waals surface area contributed by atoms with Crippen LogP contribution in [0.25, 0.3) is 0 Å². The summed E-state index contributed by atoms with van der Waals surface area (Å²) in [6.07, 6.45) is 0. The van der Waals surface area contributed by atoms with E-state index in [1.165, 1.54) is 0 Å². The molecular formula is C15H17NO2S. The maximum atomic E-state index is 12.1. The Labute approximate surface area is 114 Å². The summed E-state index contributed by atoms with van der Waals surface area (Å²) >= 11 is 0. The number of benzene rings is 2. The van der Waals surface area contributed by atoms with Crippen LogP contribution in [-0.2, 0) is 15.6 Å². The number of rotatable bonds is 5. The van der Waals surface area contributed by atoms with Gasteiger partial charge in [-0.15, -0.1) is 0 Å². The van der Waals surface area contributed by atoms with Gasteiger partial charge in [0, 0.05) is 6.04 Å². The molecule has 0 heterocycles. The van der Waals surface area contributed by atoms with Crippen LogP contribution in [0.2, 0.25) is 0 Å². The Kier molecular flexibility index (Phi) is 4.35. The van der Waals surface area contributed by atoms with Crippen molar-refractivity contribution in [1.82, 2.24) is 0 Å². The maximum Gasteiger partial charge on any atom is 0.156 e. The molecule has 1 atom stereocenters. The summed E-state index contributed by atoms with van der Waals surface area (Å²) in [5.74, 6) is 0.000279. The minimum absolute atomic E-state index is 0.0358. The van der Waals surface area contributed by atoms with E-state index in [-0.39, 0.29) is 11.5 Å². The summed E-state index contributed by atoms with van der Waals surface area (Å²) in [6, 6.07) is 18.0. The molecule has 2 aromatic rings. The molecule has 0 spiro atoms. The van der Waals surface area contributed by atoms with Crippen molar-refractivity contribution >= 4 is 9.84 Å². The average Bonchev–Trinajstić information content (AvgIpc) is 2.39. The first-order valence-electron chi connectivity index (χ1n) is 6.12. The Balaban J connectivity index is 2.06.